The number of hydrogen-bond donors (Lipinski definition) is 1. The summed E-state index contributed by atoms with van der Waals surface area (Å²) in [5.74, 6) is -1.31. The summed E-state index contributed by atoms with van der Waals surface area (Å²) in [4.78, 5) is 26.5. The Morgan fingerprint density at radius 3 is 2.62 bits per heavy atom. The largest absolute Gasteiger partial charge is 0.368 e. The van der Waals surface area contributed by atoms with Gasteiger partial charge in [0, 0.05) is 18.3 Å². The zero-order chi connectivity index (χ0) is 23.9. The minimum absolute atomic E-state index is 0.212. The van der Waals surface area contributed by atoms with E-state index in [0.29, 0.717) is 35.7 Å². The Balaban J connectivity index is 1.64. The van der Waals surface area contributed by atoms with Gasteiger partial charge in [-0.1, -0.05) is 35.9 Å². The molecule has 4 aromatic rings. The van der Waals surface area contributed by atoms with Gasteiger partial charge in [0.05, 0.1) is 18.4 Å². The molecule has 172 valence electrons. The molecule has 1 amide bonds. The third-order valence-corrected chi connectivity index (χ3v) is 5.23. The molecule has 0 radical (unpaired) electrons. The maximum atomic E-state index is 13.8. The second-order valence-corrected chi connectivity index (χ2v) is 7.78. The van der Waals surface area contributed by atoms with Crippen LogP contribution >= 0.6 is 0 Å². The molecule has 4 rings (SSSR count). The van der Waals surface area contributed by atoms with Crippen molar-refractivity contribution in [3.8, 4) is 11.4 Å². The predicted molar refractivity (Wildman–Crippen MR) is 127 cm³/mol. The SMILES string of the molecule is Cc1cccc(CCNc2nc(-c3ccc(F)c(F)c3)ncc2N(C=O)Cc2ccccn2)c1. The number of carbonyl (C=O) groups is 1. The normalized spacial score (nSPS) is 10.7. The summed E-state index contributed by atoms with van der Waals surface area (Å²) in [7, 11) is 0. The highest BCUT2D eigenvalue weighted by Gasteiger charge is 2.17. The number of pyridine rings is 1. The number of nitrogens with zero attached hydrogens (tertiary/aromatic N) is 4. The molecule has 8 heteroatoms. The minimum Gasteiger partial charge on any atom is -0.368 e. The van der Waals surface area contributed by atoms with Crippen LogP contribution in [0.2, 0.25) is 0 Å². The number of halogens is 2. The van der Waals surface area contributed by atoms with Crippen LogP contribution in [0.4, 0.5) is 20.3 Å². The Labute approximate surface area is 196 Å². The van der Waals surface area contributed by atoms with E-state index in [0.717, 1.165) is 24.1 Å². The number of amides is 1. The minimum atomic E-state index is -0.983. The van der Waals surface area contributed by atoms with Crippen LogP contribution in [0.1, 0.15) is 16.8 Å². The fraction of sp³-hybridized carbons (Fsp3) is 0.154. The molecular weight excluding hydrogens is 436 g/mol. The molecule has 0 spiro atoms. The van der Waals surface area contributed by atoms with E-state index < -0.39 is 11.6 Å². The molecule has 0 bridgehead atoms. The Bertz CT molecular complexity index is 1280. The lowest BCUT2D eigenvalue weighted by molar-refractivity contribution is -0.107. The van der Waals surface area contributed by atoms with Crippen molar-refractivity contribution < 1.29 is 13.6 Å². The Kier molecular flexibility index (Phi) is 7.17. The van der Waals surface area contributed by atoms with Gasteiger partial charge < -0.3 is 10.2 Å². The molecule has 0 unspecified atom stereocenters. The molecule has 2 aromatic heterocycles. The highest BCUT2D eigenvalue weighted by atomic mass is 19.2. The molecule has 2 aromatic carbocycles. The highest BCUT2D eigenvalue weighted by molar-refractivity contribution is 5.82. The summed E-state index contributed by atoms with van der Waals surface area (Å²) in [6.45, 7) is 2.80. The molecular formula is C26H23F2N5O. The monoisotopic (exact) mass is 459 g/mol. The summed E-state index contributed by atoms with van der Waals surface area (Å²) >= 11 is 0. The molecule has 0 fully saturated rings. The second kappa shape index (κ2) is 10.6. The van der Waals surface area contributed by atoms with Crippen LogP contribution in [0, 0.1) is 18.6 Å². The molecule has 0 atom stereocenters. The third-order valence-electron chi connectivity index (χ3n) is 5.23. The fourth-order valence-electron chi connectivity index (χ4n) is 3.53. The zero-order valence-electron chi connectivity index (χ0n) is 18.6. The molecule has 0 aliphatic heterocycles. The van der Waals surface area contributed by atoms with Crippen molar-refractivity contribution in [2.75, 3.05) is 16.8 Å². The third kappa shape index (κ3) is 5.58. The van der Waals surface area contributed by atoms with Crippen LogP contribution in [-0.4, -0.2) is 27.9 Å². The number of carbonyl (C=O) groups excluding carboxylic acids is 1. The lowest BCUT2D eigenvalue weighted by atomic mass is 10.1. The van der Waals surface area contributed by atoms with Gasteiger partial charge >= 0.3 is 0 Å². The molecule has 0 saturated heterocycles. The number of anilines is 2. The van der Waals surface area contributed by atoms with Crippen molar-refractivity contribution in [1.82, 2.24) is 15.0 Å². The first-order valence-corrected chi connectivity index (χ1v) is 10.8. The van der Waals surface area contributed by atoms with Crippen molar-refractivity contribution in [1.29, 1.82) is 0 Å². The Morgan fingerprint density at radius 2 is 1.88 bits per heavy atom. The van der Waals surface area contributed by atoms with Crippen molar-refractivity contribution in [2.45, 2.75) is 19.9 Å². The number of hydrogen-bond acceptors (Lipinski definition) is 5. The van der Waals surface area contributed by atoms with E-state index in [1.54, 1.807) is 12.3 Å². The average molecular weight is 460 g/mol. The van der Waals surface area contributed by atoms with Gasteiger partial charge in [-0.3, -0.25) is 9.78 Å². The molecule has 34 heavy (non-hydrogen) atoms. The highest BCUT2D eigenvalue weighted by Crippen LogP contribution is 2.27. The first kappa shape index (κ1) is 23.0. The van der Waals surface area contributed by atoms with Gasteiger partial charge in [0.25, 0.3) is 0 Å². The summed E-state index contributed by atoms with van der Waals surface area (Å²) in [5.41, 5.74) is 3.81. The van der Waals surface area contributed by atoms with Gasteiger partial charge in [-0.2, -0.15) is 0 Å². The Morgan fingerprint density at radius 1 is 1.00 bits per heavy atom. The molecule has 0 aliphatic rings. The lowest BCUT2D eigenvalue weighted by Crippen LogP contribution is -2.23. The lowest BCUT2D eigenvalue weighted by Gasteiger charge is -2.21. The second-order valence-electron chi connectivity index (χ2n) is 7.78. The van der Waals surface area contributed by atoms with E-state index in [4.69, 9.17) is 0 Å². The first-order valence-electron chi connectivity index (χ1n) is 10.8. The standard InChI is InChI=1S/C26H23F2N5O/c1-18-5-4-6-19(13-18)10-12-30-26-24(33(17-34)16-21-7-2-3-11-29-21)15-31-25(32-26)20-8-9-22(27)23(28)14-20/h2-9,11,13-15,17H,10,12,16H2,1H3,(H,30,31,32). The molecule has 2 heterocycles. The van der Waals surface area contributed by atoms with Gasteiger partial charge in [-0.25, -0.2) is 18.7 Å². The van der Waals surface area contributed by atoms with Crippen molar-refractivity contribution in [2.24, 2.45) is 0 Å². The molecule has 0 saturated carbocycles. The smallest absolute Gasteiger partial charge is 0.214 e. The summed E-state index contributed by atoms with van der Waals surface area (Å²) in [5, 5.41) is 3.28. The van der Waals surface area contributed by atoms with Crippen LogP contribution in [0.5, 0.6) is 0 Å². The van der Waals surface area contributed by atoms with E-state index in [2.05, 4.69) is 26.3 Å². The number of nitrogens with one attached hydrogen (secondary N) is 1. The van der Waals surface area contributed by atoms with Gasteiger partial charge in [-0.05, 0) is 49.2 Å². The van der Waals surface area contributed by atoms with Crippen LogP contribution in [0.15, 0.2) is 73.1 Å². The van der Waals surface area contributed by atoms with Crippen molar-refractivity contribution in [3.63, 3.8) is 0 Å². The maximum absolute atomic E-state index is 13.8. The van der Waals surface area contributed by atoms with Gasteiger partial charge in [0.2, 0.25) is 6.41 Å². The average Bonchev–Trinajstić information content (AvgIpc) is 2.85. The van der Waals surface area contributed by atoms with E-state index in [1.165, 1.54) is 22.7 Å². The van der Waals surface area contributed by atoms with Gasteiger partial charge in [0.15, 0.2) is 23.3 Å². The number of aryl methyl sites for hydroxylation is 1. The zero-order valence-corrected chi connectivity index (χ0v) is 18.6. The van der Waals surface area contributed by atoms with Crippen molar-refractivity contribution >= 4 is 17.9 Å². The fourth-order valence-corrected chi connectivity index (χ4v) is 3.53. The van der Waals surface area contributed by atoms with Gasteiger partial charge in [-0.15, -0.1) is 0 Å². The van der Waals surface area contributed by atoms with Crippen LogP contribution in [0.25, 0.3) is 11.4 Å². The number of aromatic nitrogens is 3. The van der Waals surface area contributed by atoms with Crippen LogP contribution in [0.3, 0.4) is 0 Å². The Hall–Kier alpha value is -4.20. The topological polar surface area (TPSA) is 71.0 Å². The summed E-state index contributed by atoms with van der Waals surface area (Å²) in [6, 6.07) is 17.1. The van der Waals surface area contributed by atoms with E-state index in [9.17, 15) is 13.6 Å². The summed E-state index contributed by atoms with van der Waals surface area (Å²) < 4.78 is 27.2. The van der Waals surface area contributed by atoms with E-state index in [1.807, 2.05) is 37.3 Å². The predicted octanol–water partition coefficient (Wildman–Crippen LogP) is 4.94. The molecule has 6 nitrogen and oxygen atoms in total. The number of rotatable bonds is 9. The first-order chi connectivity index (χ1) is 16.5. The van der Waals surface area contributed by atoms with Crippen LogP contribution in [-0.2, 0) is 17.8 Å². The van der Waals surface area contributed by atoms with Crippen LogP contribution < -0.4 is 10.2 Å². The molecule has 1 N–H and O–H groups in total. The van der Waals surface area contributed by atoms with E-state index >= 15 is 0 Å². The maximum Gasteiger partial charge on any atom is 0.214 e. The van der Waals surface area contributed by atoms with Crippen molar-refractivity contribution in [3.05, 3.63) is 102 Å². The van der Waals surface area contributed by atoms with Gasteiger partial charge in [0.1, 0.15) is 5.69 Å². The quantitative estimate of drug-likeness (QED) is 0.359. The summed E-state index contributed by atoms with van der Waals surface area (Å²) in [6.07, 6.45) is 4.57. The molecule has 0 aliphatic carbocycles. The number of benzene rings is 2. The van der Waals surface area contributed by atoms with E-state index in [-0.39, 0.29) is 12.4 Å².